The van der Waals surface area contributed by atoms with Gasteiger partial charge in [-0.05, 0) is 50.8 Å². The van der Waals surface area contributed by atoms with E-state index in [1.54, 1.807) is 36.9 Å². The number of rotatable bonds is 6. The van der Waals surface area contributed by atoms with Crippen molar-refractivity contribution in [3.05, 3.63) is 65.2 Å². The Bertz CT molecular complexity index is 889. The van der Waals surface area contributed by atoms with Gasteiger partial charge in [0.1, 0.15) is 0 Å². The highest BCUT2D eigenvalue weighted by molar-refractivity contribution is 7.98. The molecule has 1 fully saturated rings. The van der Waals surface area contributed by atoms with Crippen LogP contribution in [-0.4, -0.2) is 61.2 Å². The standard InChI is InChI=1S/C15H21NO2S.C9H8O3/c1-15(2,16-8-10-18-11-9-16)14(17)12-4-6-13(19-3)7-5-12;1-7-4-2-3-5-8(7)9(11)12-6-10/h4-7H,8-11H2,1-3H3;2-6H,1H3. The lowest BCUT2D eigenvalue weighted by Gasteiger charge is -2.39. The van der Waals surface area contributed by atoms with Crippen LogP contribution in [0.5, 0.6) is 0 Å². The highest BCUT2D eigenvalue weighted by Crippen LogP contribution is 2.23. The summed E-state index contributed by atoms with van der Waals surface area (Å²) in [6.45, 7) is 8.98. The Morgan fingerprint density at radius 2 is 1.68 bits per heavy atom. The summed E-state index contributed by atoms with van der Waals surface area (Å²) in [7, 11) is 0. The van der Waals surface area contributed by atoms with Crippen molar-refractivity contribution in [1.82, 2.24) is 4.90 Å². The first-order chi connectivity index (χ1) is 14.8. The Hall–Kier alpha value is -2.48. The molecular formula is C24H29NO5S. The van der Waals surface area contributed by atoms with Crippen molar-refractivity contribution >= 4 is 30.0 Å². The first kappa shape index (κ1) is 24.8. The normalized spacial score (nSPS) is 14.2. The lowest BCUT2D eigenvalue weighted by molar-refractivity contribution is -0.123. The number of hydrogen-bond donors (Lipinski definition) is 0. The van der Waals surface area contributed by atoms with Crippen LogP contribution in [0.1, 0.15) is 40.1 Å². The Morgan fingerprint density at radius 1 is 1.06 bits per heavy atom. The van der Waals surface area contributed by atoms with Crippen LogP contribution in [0.15, 0.2) is 53.4 Å². The number of thioether (sulfide) groups is 1. The van der Waals surface area contributed by atoms with Crippen molar-refractivity contribution in [2.45, 2.75) is 31.2 Å². The zero-order valence-electron chi connectivity index (χ0n) is 18.4. The molecule has 1 heterocycles. The van der Waals surface area contributed by atoms with Crippen LogP contribution in [0, 0.1) is 6.92 Å². The number of Topliss-reactive ketones (excluding diaryl/α,β-unsaturated/α-hetero) is 1. The maximum atomic E-state index is 12.7. The van der Waals surface area contributed by atoms with Gasteiger partial charge in [-0.3, -0.25) is 14.5 Å². The molecule has 166 valence electrons. The monoisotopic (exact) mass is 443 g/mol. The average Bonchev–Trinajstić information content (AvgIpc) is 2.80. The zero-order valence-corrected chi connectivity index (χ0v) is 19.2. The summed E-state index contributed by atoms with van der Waals surface area (Å²) in [5.41, 5.74) is 1.54. The number of ketones is 1. The maximum Gasteiger partial charge on any atom is 0.345 e. The Morgan fingerprint density at radius 3 is 2.23 bits per heavy atom. The van der Waals surface area contributed by atoms with Crippen LogP contribution in [0.4, 0.5) is 0 Å². The van der Waals surface area contributed by atoms with Crippen molar-refractivity contribution in [3.8, 4) is 0 Å². The second kappa shape index (κ2) is 11.8. The van der Waals surface area contributed by atoms with Gasteiger partial charge in [0.05, 0.1) is 24.3 Å². The van der Waals surface area contributed by atoms with Gasteiger partial charge >= 0.3 is 12.4 Å². The zero-order chi connectivity index (χ0) is 22.9. The molecule has 2 aromatic carbocycles. The van der Waals surface area contributed by atoms with Gasteiger partial charge in [0.25, 0.3) is 0 Å². The molecule has 0 bridgehead atoms. The lowest BCUT2D eigenvalue weighted by Crippen LogP contribution is -2.54. The molecular weight excluding hydrogens is 414 g/mol. The van der Waals surface area contributed by atoms with Gasteiger partial charge in [-0.1, -0.05) is 30.3 Å². The Kier molecular flexibility index (Phi) is 9.43. The molecule has 0 aromatic heterocycles. The molecule has 31 heavy (non-hydrogen) atoms. The fraction of sp³-hybridized carbons (Fsp3) is 0.375. The second-order valence-corrected chi connectivity index (χ2v) is 8.41. The fourth-order valence-electron chi connectivity index (χ4n) is 3.27. The van der Waals surface area contributed by atoms with E-state index in [0.717, 1.165) is 24.2 Å². The second-order valence-electron chi connectivity index (χ2n) is 7.53. The first-order valence-corrected chi connectivity index (χ1v) is 11.3. The van der Waals surface area contributed by atoms with Gasteiger partial charge in [0.15, 0.2) is 5.78 Å². The molecule has 1 saturated heterocycles. The van der Waals surface area contributed by atoms with Crippen LogP contribution in [0.3, 0.4) is 0 Å². The molecule has 1 aliphatic heterocycles. The number of carbonyl (C=O) groups excluding carboxylic acids is 3. The number of benzene rings is 2. The molecule has 3 rings (SSSR count). The largest absolute Gasteiger partial charge is 0.392 e. The molecule has 0 aliphatic carbocycles. The summed E-state index contributed by atoms with van der Waals surface area (Å²) < 4.78 is 9.54. The third-order valence-electron chi connectivity index (χ3n) is 5.23. The highest BCUT2D eigenvalue weighted by Gasteiger charge is 2.35. The number of ether oxygens (including phenoxy) is 2. The molecule has 0 atom stereocenters. The van der Waals surface area contributed by atoms with E-state index in [0.29, 0.717) is 18.8 Å². The van der Waals surface area contributed by atoms with E-state index in [2.05, 4.69) is 9.64 Å². The molecule has 0 unspecified atom stereocenters. The number of aryl methyl sites for hydroxylation is 1. The van der Waals surface area contributed by atoms with Crippen LogP contribution in [0.2, 0.25) is 0 Å². The quantitative estimate of drug-likeness (QED) is 0.220. The number of esters is 1. The Balaban J connectivity index is 0.000000245. The SMILES string of the molecule is CSc1ccc(C(=O)C(C)(C)N2CCOCC2)cc1.Cc1ccccc1C(=O)OC=O. The van der Waals surface area contributed by atoms with Crippen molar-refractivity contribution in [2.24, 2.45) is 0 Å². The first-order valence-electron chi connectivity index (χ1n) is 10.0. The van der Waals surface area contributed by atoms with Crippen molar-refractivity contribution in [2.75, 3.05) is 32.6 Å². The molecule has 0 saturated carbocycles. The summed E-state index contributed by atoms with van der Waals surface area (Å²) in [6.07, 6.45) is 2.04. The van der Waals surface area contributed by atoms with Gasteiger partial charge in [-0.2, -0.15) is 0 Å². The Labute approximate surface area is 187 Å². The molecule has 2 aromatic rings. The minimum Gasteiger partial charge on any atom is -0.392 e. The highest BCUT2D eigenvalue weighted by atomic mass is 32.2. The van der Waals surface area contributed by atoms with E-state index in [1.165, 1.54) is 4.90 Å². The van der Waals surface area contributed by atoms with Crippen LogP contribution in [-0.2, 0) is 14.3 Å². The van der Waals surface area contributed by atoms with Crippen molar-refractivity contribution in [1.29, 1.82) is 0 Å². The van der Waals surface area contributed by atoms with Gasteiger partial charge in [0.2, 0.25) is 0 Å². The van der Waals surface area contributed by atoms with Crippen LogP contribution in [0.25, 0.3) is 0 Å². The summed E-state index contributed by atoms with van der Waals surface area (Å²) in [4.78, 5) is 36.9. The van der Waals surface area contributed by atoms with Crippen molar-refractivity contribution in [3.63, 3.8) is 0 Å². The van der Waals surface area contributed by atoms with E-state index < -0.39 is 11.5 Å². The van der Waals surface area contributed by atoms with E-state index >= 15 is 0 Å². The molecule has 7 heteroatoms. The third kappa shape index (κ3) is 6.75. The number of morpholine rings is 1. The lowest BCUT2D eigenvalue weighted by atomic mass is 9.91. The van der Waals surface area contributed by atoms with Gasteiger partial charge in [-0.15, -0.1) is 11.8 Å². The van der Waals surface area contributed by atoms with E-state index in [9.17, 15) is 14.4 Å². The molecule has 0 radical (unpaired) electrons. The predicted molar refractivity (Wildman–Crippen MR) is 122 cm³/mol. The van der Waals surface area contributed by atoms with E-state index in [4.69, 9.17) is 4.74 Å². The molecule has 0 spiro atoms. The van der Waals surface area contributed by atoms with Gasteiger partial charge in [0, 0.05) is 23.5 Å². The number of hydrogen-bond acceptors (Lipinski definition) is 7. The van der Waals surface area contributed by atoms with Gasteiger partial charge < -0.3 is 9.47 Å². The summed E-state index contributed by atoms with van der Waals surface area (Å²) in [6, 6.07) is 14.8. The van der Waals surface area contributed by atoms with Gasteiger partial charge in [-0.25, -0.2) is 4.79 Å². The minimum atomic E-state index is -0.608. The minimum absolute atomic E-state index is 0.134. The number of nitrogens with zero attached hydrogens (tertiary/aromatic N) is 1. The van der Waals surface area contributed by atoms with Crippen LogP contribution < -0.4 is 0 Å². The molecule has 6 nitrogen and oxygen atoms in total. The van der Waals surface area contributed by atoms with Crippen molar-refractivity contribution < 1.29 is 23.9 Å². The third-order valence-corrected chi connectivity index (χ3v) is 5.97. The molecule has 0 amide bonds. The van der Waals surface area contributed by atoms with Crippen LogP contribution >= 0.6 is 11.8 Å². The molecule has 1 aliphatic rings. The molecule has 0 N–H and O–H groups in total. The van der Waals surface area contributed by atoms with E-state index in [1.807, 2.05) is 50.4 Å². The topological polar surface area (TPSA) is 72.9 Å². The summed E-state index contributed by atoms with van der Waals surface area (Å²) in [5.74, 6) is -0.426. The fourth-order valence-corrected chi connectivity index (χ4v) is 3.68. The summed E-state index contributed by atoms with van der Waals surface area (Å²) in [5, 5.41) is 0. The maximum absolute atomic E-state index is 12.7. The number of carbonyl (C=O) groups is 3. The predicted octanol–water partition coefficient (Wildman–Crippen LogP) is 4.01. The smallest absolute Gasteiger partial charge is 0.345 e. The van der Waals surface area contributed by atoms with E-state index in [-0.39, 0.29) is 12.3 Å². The summed E-state index contributed by atoms with van der Waals surface area (Å²) >= 11 is 1.69. The average molecular weight is 444 g/mol.